The number of nitrogens with one attached hydrogen (secondary N) is 1. The summed E-state index contributed by atoms with van der Waals surface area (Å²) in [5, 5.41) is 10.1. The number of anilines is 1. The van der Waals surface area contributed by atoms with Crippen LogP contribution in [0, 0.1) is 0 Å². The summed E-state index contributed by atoms with van der Waals surface area (Å²) < 4.78 is 42.0. The predicted octanol–water partition coefficient (Wildman–Crippen LogP) is 3.06. The molecule has 0 saturated heterocycles. The highest BCUT2D eigenvalue weighted by atomic mass is 79.9. The Labute approximate surface area is 166 Å². The largest absolute Gasteiger partial charge is 0.436 e. The first-order chi connectivity index (χ1) is 13.1. The number of hydrogen-bond acceptors (Lipinski definition) is 4. The number of carbonyl (C=O) groups is 2. The second-order valence-electron chi connectivity index (χ2n) is 6.52. The number of nitrogens with zero attached hydrogens (tertiary/aromatic N) is 4. The number of aryl methyl sites for hydroxylation is 1. The zero-order valence-electron chi connectivity index (χ0n) is 15.0. The summed E-state index contributed by atoms with van der Waals surface area (Å²) in [5.41, 5.74) is 4.73. The van der Waals surface area contributed by atoms with E-state index in [1.807, 2.05) is 0 Å². The van der Waals surface area contributed by atoms with E-state index in [4.69, 9.17) is 5.73 Å². The molecule has 3 rings (SSSR count). The van der Waals surface area contributed by atoms with Gasteiger partial charge in [0.15, 0.2) is 5.69 Å². The van der Waals surface area contributed by atoms with Crippen LogP contribution < -0.4 is 11.1 Å². The highest BCUT2D eigenvalue weighted by molar-refractivity contribution is 9.10. The minimum absolute atomic E-state index is 0.0168. The van der Waals surface area contributed by atoms with Crippen LogP contribution in [0.2, 0.25) is 0 Å². The number of alkyl halides is 3. The molecule has 3 N–H and O–H groups in total. The van der Waals surface area contributed by atoms with Gasteiger partial charge in [-0.15, -0.1) is 0 Å². The Morgan fingerprint density at radius 1 is 1.43 bits per heavy atom. The number of nitrogens with two attached hydrogens (primary N) is 1. The topological polar surface area (TPSA) is 108 Å². The van der Waals surface area contributed by atoms with Gasteiger partial charge in [-0.05, 0) is 42.6 Å². The van der Waals surface area contributed by atoms with Gasteiger partial charge < -0.3 is 11.1 Å². The first-order valence-electron chi connectivity index (χ1n) is 8.57. The van der Waals surface area contributed by atoms with Crippen LogP contribution in [0.4, 0.5) is 18.9 Å². The lowest BCUT2D eigenvalue weighted by atomic mass is 10.2. The molecule has 0 aromatic carbocycles. The summed E-state index contributed by atoms with van der Waals surface area (Å²) >= 11 is 3.00. The van der Waals surface area contributed by atoms with Gasteiger partial charge in [0.2, 0.25) is 5.91 Å². The fourth-order valence-electron chi connectivity index (χ4n) is 2.95. The van der Waals surface area contributed by atoms with E-state index in [0.717, 1.165) is 17.5 Å². The van der Waals surface area contributed by atoms with E-state index in [9.17, 15) is 22.8 Å². The monoisotopic (exact) mass is 462 g/mol. The lowest BCUT2D eigenvalue weighted by molar-refractivity contribution is -0.142. The molecule has 0 aliphatic heterocycles. The molecule has 12 heteroatoms. The maximum atomic E-state index is 13.3. The quantitative estimate of drug-likeness (QED) is 0.687. The van der Waals surface area contributed by atoms with Crippen LogP contribution in [0.3, 0.4) is 0 Å². The van der Waals surface area contributed by atoms with Crippen molar-refractivity contribution in [1.82, 2.24) is 19.6 Å². The summed E-state index contributed by atoms with van der Waals surface area (Å²) in [5.74, 6) is -1.50. The van der Waals surface area contributed by atoms with Crippen molar-refractivity contribution >= 4 is 33.4 Å². The highest BCUT2D eigenvalue weighted by Crippen LogP contribution is 2.47. The summed E-state index contributed by atoms with van der Waals surface area (Å²) in [4.78, 5) is 24.3. The third-order valence-electron chi connectivity index (χ3n) is 4.50. The zero-order valence-corrected chi connectivity index (χ0v) is 16.6. The van der Waals surface area contributed by atoms with Crippen LogP contribution in [0.25, 0.3) is 0 Å². The Morgan fingerprint density at radius 2 is 2.07 bits per heavy atom. The smallest absolute Gasteiger partial charge is 0.364 e. The molecule has 152 valence electrons. The lowest BCUT2D eigenvalue weighted by Gasteiger charge is -2.16. The van der Waals surface area contributed by atoms with Gasteiger partial charge >= 0.3 is 6.18 Å². The number of primary amides is 1. The molecule has 1 aliphatic carbocycles. The van der Waals surface area contributed by atoms with E-state index in [2.05, 4.69) is 31.4 Å². The number of hydrogen-bond donors (Lipinski definition) is 2. The number of rotatable bonds is 6. The van der Waals surface area contributed by atoms with Crippen molar-refractivity contribution < 1.29 is 22.8 Å². The summed E-state index contributed by atoms with van der Waals surface area (Å²) in [6.07, 6.45) is -1.92. The zero-order chi connectivity index (χ0) is 20.8. The van der Waals surface area contributed by atoms with Crippen molar-refractivity contribution in [2.75, 3.05) is 5.32 Å². The van der Waals surface area contributed by atoms with Gasteiger partial charge in [0.25, 0.3) is 5.91 Å². The number of carbonyl (C=O) groups excluding carboxylic acids is 2. The summed E-state index contributed by atoms with van der Waals surface area (Å²) in [7, 11) is 0. The second-order valence-corrected chi connectivity index (χ2v) is 7.31. The van der Waals surface area contributed by atoms with Crippen LogP contribution in [0.1, 0.15) is 60.5 Å². The molecule has 0 bridgehead atoms. The van der Waals surface area contributed by atoms with Gasteiger partial charge in [-0.1, -0.05) is 0 Å². The van der Waals surface area contributed by atoms with Crippen molar-refractivity contribution in [3.8, 4) is 0 Å². The van der Waals surface area contributed by atoms with Crippen molar-refractivity contribution in [3.05, 3.63) is 27.8 Å². The fourth-order valence-corrected chi connectivity index (χ4v) is 3.76. The number of halogens is 4. The minimum Gasteiger partial charge on any atom is -0.364 e. The Hall–Kier alpha value is -2.37. The van der Waals surface area contributed by atoms with E-state index in [-0.39, 0.29) is 21.8 Å². The molecule has 0 radical (unpaired) electrons. The number of amides is 2. The van der Waals surface area contributed by atoms with Gasteiger partial charge in [-0.2, -0.15) is 23.4 Å². The molecule has 8 nitrogen and oxygen atoms in total. The van der Waals surface area contributed by atoms with E-state index >= 15 is 0 Å². The normalized spacial score (nSPS) is 15.5. The lowest BCUT2D eigenvalue weighted by Crippen LogP contribution is -2.27. The molecule has 2 heterocycles. The molecule has 2 aromatic rings. The Kier molecular flexibility index (Phi) is 5.26. The molecule has 0 unspecified atom stereocenters. The molecule has 1 saturated carbocycles. The molecular weight excluding hydrogens is 445 g/mol. The van der Waals surface area contributed by atoms with Crippen molar-refractivity contribution in [2.24, 2.45) is 5.73 Å². The summed E-state index contributed by atoms with van der Waals surface area (Å²) in [6.45, 7) is 3.54. The van der Waals surface area contributed by atoms with Gasteiger partial charge in [0, 0.05) is 12.5 Å². The van der Waals surface area contributed by atoms with E-state index in [0.29, 0.717) is 12.2 Å². The molecule has 1 aliphatic rings. The van der Waals surface area contributed by atoms with Crippen LogP contribution in [0.5, 0.6) is 0 Å². The fraction of sp³-hybridized carbons (Fsp3) is 0.500. The van der Waals surface area contributed by atoms with E-state index in [1.54, 1.807) is 6.92 Å². The molecule has 2 amide bonds. The minimum atomic E-state index is -4.65. The van der Waals surface area contributed by atoms with Gasteiger partial charge in [-0.25, -0.2) is 0 Å². The Morgan fingerprint density at radius 3 is 2.57 bits per heavy atom. The van der Waals surface area contributed by atoms with Gasteiger partial charge in [0.1, 0.15) is 11.7 Å². The van der Waals surface area contributed by atoms with Crippen molar-refractivity contribution in [3.63, 3.8) is 0 Å². The Bertz CT molecular complexity index is 932. The molecule has 1 atom stereocenters. The average Bonchev–Trinajstić information content (AvgIpc) is 3.25. The third-order valence-corrected chi connectivity index (χ3v) is 5.28. The summed E-state index contributed by atoms with van der Waals surface area (Å²) in [6, 6.07) is -1.05. The molecule has 0 spiro atoms. The number of aromatic nitrogens is 4. The van der Waals surface area contributed by atoms with Gasteiger partial charge in [-0.3, -0.25) is 19.0 Å². The SMILES string of the molecule is CCn1ncc(NC(=O)[C@H](C)n2nc(C(F)(F)F)c(Br)c2C2CC2)c1C(N)=O. The molecular formula is C16H18BrF3N6O2. The molecule has 1 fully saturated rings. The highest BCUT2D eigenvalue weighted by Gasteiger charge is 2.43. The maximum Gasteiger partial charge on any atom is 0.436 e. The standard InChI is InChI=1S/C16H18BrF3N6O2/c1-3-25-12(14(21)27)9(6-22-25)23-15(28)7(2)26-11(8-4-5-8)10(17)13(24-26)16(18,19)20/h6-8H,3-5H2,1-2H3,(H2,21,27)(H,23,28)/t7-/m0/s1. The molecule has 2 aromatic heterocycles. The predicted molar refractivity (Wildman–Crippen MR) is 96.7 cm³/mol. The second kappa shape index (κ2) is 7.22. The first-order valence-corrected chi connectivity index (χ1v) is 9.37. The first kappa shape index (κ1) is 20.4. The van der Waals surface area contributed by atoms with Crippen molar-refractivity contribution in [1.29, 1.82) is 0 Å². The van der Waals surface area contributed by atoms with E-state index < -0.39 is 29.7 Å². The van der Waals surface area contributed by atoms with Crippen LogP contribution in [-0.4, -0.2) is 31.4 Å². The van der Waals surface area contributed by atoms with E-state index in [1.165, 1.54) is 17.8 Å². The average molecular weight is 463 g/mol. The van der Waals surface area contributed by atoms with Crippen LogP contribution >= 0.6 is 15.9 Å². The van der Waals surface area contributed by atoms with Crippen LogP contribution in [-0.2, 0) is 17.5 Å². The van der Waals surface area contributed by atoms with Gasteiger partial charge in [0.05, 0.1) is 22.1 Å². The Balaban J connectivity index is 1.93. The third kappa shape index (κ3) is 3.64. The molecule has 28 heavy (non-hydrogen) atoms. The maximum absolute atomic E-state index is 13.3. The van der Waals surface area contributed by atoms with Crippen LogP contribution in [0.15, 0.2) is 10.7 Å². The van der Waals surface area contributed by atoms with Crippen molar-refractivity contribution in [2.45, 2.75) is 51.4 Å².